The lowest BCUT2D eigenvalue weighted by Crippen LogP contribution is -2.60. The van der Waals surface area contributed by atoms with Crippen molar-refractivity contribution >= 4 is 52.2 Å². The van der Waals surface area contributed by atoms with Gasteiger partial charge in [0.1, 0.15) is 18.2 Å². The summed E-state index contributed by atoms with van der Waals surface area (Å²) in [4.78, 5) is 94.2. The molecule has 7 rings (SSSR count). The molecule has 2 saturated carbocycles. The third-order valence-electron chi connectivity index (χ3n) is 13.9. The first-order chi connectivity index (χ1) is 34.3. The number of rotatable bonds is 20. The van der Waals surface area contributed by atoms with Crippen LogP contribution < -0.4 is 31.9 Å². The molecule has 0 spiro atoms. The van der Waals surface area contributed by atoms with Crippen molar-refractivity contribution in [2.45, 2.75) is 133 Å². The van der Waals surface area contributed by atoms with Crippen LogP contribution >= 0.6 is 0 Å². The van der Waals surface area contributed by atoms with Crippen LogP contribution in [0.4, 0.5) is 19.0 Å². The van der Waals surface area contributed by atoms with E-state index in [0.717, 1.165) is 24.1 Å². The van der Waals surface area contributed by atoms with Crippen LogP contribution in [0.25, 0.3) is 10.9 Å². The number of carbonyl (C=O) groups excluding carboxylic acids is 6. The monoisotopic (exact) mass is 1010 g/mol. The highest BCUT2D eigenvalue weighted by molar-refractivity contribution is 5.94. The summed E-state index contributed by atoms with van der Waals surface area (Å²) in [6, 6.07) is 5.06. The molecule has 6 amide bonds. The Morgan fingerprint density at radius 1 is 0.833 bits per heavy atom. The van der Waals surface area contributed by atoms with E-state index < -0.39 is 35.6 Å². The Morgan fingerprint density at radius 2 is 1.58 bits per heavy atom. The minimum absolute atomic E-state index is 0.0435. The van der Waals surface area contributed by atoms with Gasteiger partial charge in [-0.15, -0.1) is 0 Å². The van der Waals surface area contributed by atoms with Gasteiger partial charge in [-0.25, -0.2) is 9.97 Å². The van der Waals surface area contributed by atoms with Crippen LogP contribution in [0.1, 0.15) is 102 Å². The number of benzene rings is 1. The summed E-state index contributed by atoms with van der Waals surface area (Å²) in [6.07, 6.45) is 5.07. The SMILES string of the molecule is CN1C(=O)C[C@H](C(=O)NCC(=O)NCCOCCOCCC(=O)NC2CCC(C(=O)N[C@@H]3C[C@H](NC(C)(C)C)CC[C@@H]3N3CC[C@H](Nc4ncnc5ccc(C(F)(F)F)cc45)C3=O)CC2)[C@H]1c1cccnc1. The smallest absolute Gasteiger partial charge is 0.379 e. The Hall–Kier alpha value is -6.00. The number of nitrogens with one attached hydrogen (secondary N) is 6. The number of hydrogen-bond donors (Lipinski definition) is 6. The van der Waals surface area contributed by atoms with Crippen molar-refractivity contribution < 1.29 is 51.4 Å². The number of anilines is 1. The van der Waals surface area contributed by atoms with Crippen molar-refractivity contribution in [3.8, 4) is 0 Å². The predicted molar refractivity (Wildman–Crippen MR) is 259 cm³/mol. The van der Waals surface area contributed by atoms with Crippen LogP contribution in [0, 0.1) is 11.8 Å². The summed E-state index contributed by atoms with van der Waals surface area (Å²) >= 11 is 0. The lowest BCUT2D eigenvalue weighted by molar-refractivity contribution is -0.137. The molecular weight excluding hydrogens is 940 g/mol. The van der Waals surface area contributed by atoms with E-state index >= 15 is 0 Å². The van der Waals surface area contributed by atoms with Gasteiger partial charge in [0, 0.05) is 74.3 Å². The first-order valence-electron chi connectivity index (χ1n) is 25.0. The zero-order valence-corrected chi connectivity index (χ0v) is 41.4. The molecule has 72 heavy (non-hydrogen) atoms. The van der Waals surface area contributed by atoms with E-state index in [9.17, 15) is 41.9 Å². The molecule has 6 atom stereocenters. The number of pyridine rings is 1. The summed E-state index contributed by atoms with van der Waals surface area (Å²) in [5, 5.41) is 18.7. The molecule has 1 aromatic carbocycles. The lowest BCUT2D eigenvalue weighted by atomic mass is 9.82. The maximum Gasteiger partial charge on any atom is 0.416 e. The average Bonchev–Trinajstić information content (AvgIpc) is 3.85. The van der Waals surface area contributed by atoms with Crippen LogP contribution in [0.2, 0.25) is 0 Å². The number of fused-ring (bicyclic) bond motifs is 1. The number of halogens is 3. The molecular formula is C50H68F3N11O8. The number of amides is 6. The molecule has 392 valence electrons. The van der Waals surface area contributed by atoms with Gasteiger partial charge in [-0.3, -0.25) is 33.8 Å². The molecule has 0 bridgehead atoms. The zero-order valence-electron chi connectivity index (χ0n) is 41.4. The maximum absolute atomic E-state index is 14.0. The van der Waals surface area contributed by atoms with E-state index in [1.807, 2.05) is 6.07 Å². The van der Waals surface area contributed by atoms with Crippen LogP contribution in [-0.4, -0.2) is 149 Å². The molecule has 4 fully saturated rings. The molecule has 6 N–H and O–H groups in total. The Bertz CT molecular complexity index is 2380. The van der Waals surface area contributed by atoms with E-state index in [0.29, 0.717) is 57.0 Å². The molecule has 2 saturated heterocycles. The quantitative estimate of drug-likeness (QED) is 0.0892. The Labute approximate surface area is 417 Å². The largest absolute Gasteiger partial charge is 0.416 e. The van der Waals surface area contributed by atoms with E-state index in [1.54, 1.807) is 30.4 Å². The number of aromatic nitrogens is 3. The third-order valence-corrected chi connectivity index (χ3v) is 13.9. The highest BCUT2D eigenvalue weighted by atomic mass is 19.4. The normalized spacial score (nSPS) is 24.8. The summed E-state index contributed by atoms with van der Waals surface area (Å²) in [7, 11) is 1.65. The highest BCUT2D eigenvalue weighted by Crippen LogP contribution is 2.37. The van der Waals surface area contributed by atoms with Crippen molar-refractivity contribution in [3.63, 3.8) is 0 Å². The van der Waals surface area contributed by atoms with Crippen molar-refractivity contribution in [3.05, 3.63) is 60.2 Å². The second-order valence-electron chi connectivity index (χ2n) is 20.3. The van der Waals surface area contributed by atoms with Crippen molar-refractivity contribution in [2.75, 3.05) is 58.4 Å². The van der Waals surface area contributed by atoms with Crippen molar-refractivity contribution in [2.24, 2.45) is 11.8 Å². The van der Waals surface area contributed by atoms with E-state index in [2.05, 4.69) is 67.6 Å². The van der Waals surface area contributed by atoms with E-state index in [1.165, 1.54) is 17.3 Å². The van der Waals surface area contributed by atoms with Gasteiger partial charge in [0.05, 0.1) is 68.1 Å². The summed E-state index contributed by atoms with van der Waals surface area (Å²) in [5.41, 5.74) is 0.0681. The fourth-order valence-electron chi connectivity index (χ4n) is 10.4. The van der Waals surface area contributed by atoms with Gasteiger partial charge in [0.15, 0.2) is 0 Å². The van der Waals surface area contributed by atoms with Crippen LogP contribution in [-0.2, 0) is 44.4 Å². The number of alkyl halides is 3. The molecule has 4 aliphatic rings. The minimum atomic E-state index is -4.56. The fourth-order valence-corrected chi connectivity index (χ4v) is 10.4. The van der Waals surface area contributed by atoms with Crippen molar-refractivity contribution in [1.82, 2.24) is 51.3 Å². The first-order valence-corrected chi connectivity index (χ1v) is 25.0. The second kappa shape index (κ2) is 24.1. The molecule has 3 aromatic rings. The number of nitrogens with zero attached hydrogens (tertiary/aromatic N) is 5. The van der Waals surface area contributed by atoms with Crippen LogP contribution in [0.3, 0.4) is 0 Å². The summed E-state index contributed by atoms with van der Waals surface area (Å²) < 4.78 is 51.9. The molecule has 0 radical (unpaired) electrons. The molecule has 2 aliphatic heterocycles. The zero-order chi connectivity index (χ0) is 51.6. The van der Waals surface area contributed by atoms with Crippen LogP contribution in [0.15, 0.2) is 49.1 Å². The number of likely N-dealkylation sites (tertiary alicyclic amines) is 2. The number of carbonyl (C=O) groups is 6. The predicted octanol–water partition coefficient (Wildman–Crippen LogP) is 3.40. The van der Waals surface area contributed by atoms with Gasteiger partial charge in [0.2, 0.25) is 35.4 Å². The summed E-state index contributed by atoms with van der Waals surface area (Å²) in [5.74, 6) is -2.11. The van der Waals surface area contributed by atoms with Gasteiger partial charge in [0.25, 0.3) is 0 Å². The maximum atomic E-state index is 14.0. The van der Waals surface area contributed by atoms with Crippen molar-refractivity contribution in [1.29, 1.82) is 0 Å². The topological polar surface area (TPSA) is 238 Å². The fraction of sp³-hybridized carbons (Fsp3) is 0.620. The lowest BCUT2D eigenvalue weighted by Gasteiger charge is -2.43. The Kier molecular flexibility index (Phi) is 18.0. The number of ether oxygens (including phenoxy) is 2. The Balaban J connectivity index is 0.779. The second-order valence-corrected chi connectivity index (χ2v) is 20.3. The molecule has 0 unspecified atom stereocenters. The van der Waals surface area contributed by atoms with Gasteiger partial charge in [-0.1, -0.05) is 6.07 Å². The summed E-state index contributed by atoms with van der Waals surface area (Å²) in [6.45, 7) is 7.56. The van der Waals surface area contributed by atoms with Gasteiger partial charge >= 0.3 is 6.18 Å². The molecule has 2 aromatic heterocycles. The van der Waals surface area contributed by atoms with Gasteiger partial charge in [-0.05, 0) is 102 Å². The van der Waals surface area contributed by atoms with E-state index in [4.69, 9.17) is 9.47 Å². The standard InChI is InChI=1S/C50H68F3N11O8/c1-49(2,3)62-34-12-14-40(64-19-15-38(48(64)70)60-45-35-24-32(50(51,52)53)9-13-37(35)57-29-58-45)39(25-34)61-46(68)30-7-10-33(11-8-30)59-41(65)16-20-71-22-23-72-21-18-55-42(66)28-56-47(69)36-26-43(67)63(4)44(36)31-6-5-17-54-27-31/h5-6,9,13,17,24,27,29-30,33-34,36,38-40,44,62H,7-8,10-12,14-16,18-23,25-26,28H2,1-4H3,(H,55,66)(H,56,69)(H,59,65)(H,61,68)(H,57,58,60)/t30?,33?,34-,36+,38+,39-,40+,44-/m1/s1. The molecule has 4 heterocycles. The van der Waals surface area contributed by atoms with Gasteiger partial charge in [-0.2, -0.15) is 13.2 Å². The average molecular weight is 1010 g/mol. The molecule has 2 aliphatic carbocycles. The third kappa shape index (κ3) is 14.4. The number of hydrogen-bond acceptors (Lipinski definition) is 13. The molecule has 22 heteroatoms. The minimum Gasteiger partial charge on any atom is -0.379 e. The molecule has 19 nitrogen and oxygen atoms in total. The van der Waals surface area contributed by atoms with Crippen LogP contribution in [0.5, 0.6) is 0 Å². The van der Waals surface area contributed by atoms with E-state index in [-0.39, 0.29) is 129 Å². The Morgan fingerprint density at radius 3 is 2.31 bits per heavy atom. The highest BCUT2D eigenvalue weighted by Gasteiger charge is 2.45. The van der Waals surface area contributed by atoms with Gasteiger partial charge < -0.3 is 51.2 Å². The first kappa shape index (κ1) is 53.8.